The van der Waals surface area contributed by atoms with Gasteiger partial charge in [-0.3, -0.25) is 0 Å². The largest absolute Gasteiger partial charge is 0.333 e. The SMILES string of the molecule is CCC1CCC(C#N)C(Sc2nc3ccc(C)cc3[nH]2)C1. The zero-order valence-electron chi connectivity index (χ0n) is 12.6. The van der Waals surface area contributed by atoms with Crippen molar-refractivity contribution in [3.05, 3.63) is 23.8 Å². The molecule has 1 aliphatic carbocycles. The monoisotopic (exact) mass is 299 g/mol. The van der Waals surface area contributed by atoms with Crippen molar-refractivity contribution in [3.63, 3.8) is 0 Å². The number of aryl methyl sites for hydroxylation is 1. The highest BCUT2D eigenvalue weighted by Gasteiger charge is 2.31. The highest BCUT2D eigenvalue weighted by atomic mass is 32.2. The van der Waals surface area contributed by atoms with Crippen LogP contribution in [0.5, 0.6) is 0 Å². The van der Waals surface area contributed by atoms with E-state index in [-0.39, 0.29) is 5.92 Å². The number of nitriles is 1. The highest BCUT2D eigenvalue weighted by Crippen LogP contribution is 2.40. The molecule has 1 aromatic heterocycles. The molecule has 1 heterocycles. The van der Waals surface area contributed by atoms with Gasteiger partial charge in [0, 0.05) is 5.25 Å². The number of aromatic nitrogens is 2. The van der Waals surface area contributed by atoms with E-state index in [1.165, 1.54) is 18.4 Å². The molecule has 110 valence electrons. The van der Waals surface area contributed by atoms with Crippen molar-refractivity contribution in [1.29, 1.82) is 5.26 Å². The van der Waals surface area contributed by atoms with Crippen molar-refractivity contribution in [2.24, 2.45) is 11.8 Å². The molecule has 3 nitrogen and oxygen atoms in total. The summed E-state index contributed by atoms with van der Waals surface area (Å²) < 4.78 is 0. The van der Waals surface area contributed by atoms with Crippen molar-refractivity contribution >= 4 is 22.8 Å². The minimum Gasteiger partial charge on any atom is -0.333 e. The quantitative estimate of drug-likeness (QED) is 0.895. The number of hydrogen-bond donors (Lipinski definition) is 1. The van der Waals surface area contributed by atoms with Gasteiger partial charge in [0.15, 0.2) is 5.16 Å². The molecule has 0 radical (unpaired) electrons. The summed E-state index contributed by atoms with van der Waals surface area (Å²) in [5.41, 5.74) is 3.34. The molecule has 3 rings (SSSR count). The van der Waals surface area contributed by atoms with E-state index in [9.17, 15) is 5.26 Å². The Labute approximate surface area is 130 Å². The summed E-state index contributed by atoms with van der Waals surface area (Å²) in [6.45, 7) is 4.34. The number of aromatic amines is 1. The molecule has 1 saturated carbocycles. The number of fused-ring (bicyclic) bond motifs is 1. The second-order valence-electron chi connectivity index (χ2n) is 6.04. The van der Waals surface area contributed by atoms with Crippen LogP contribution in [0.3, 0.4) is 0 Å². The third-order valence-electron chi connectivity index (χ3n) is 4.52. The number of benzene rings is 1. The van der Waals surface area contributed by atoms with Crippen LogP contribution < -0.4 is 0 Å². The fourth-order valence-electron chi connectivity index (χ4n) is 3.16. The molecule has 0 saturated heterocycles. The van der Waals surface area contributed by atoms with Gasteiger partial charge in [-0.15, -0.1) is 0 Å². The molecule has 21 heavy (non-hydrogen) atoms. The number of imidazole rings is 1. The van der Waals surface area contributed by atoms with Gasteiger partial charge in [-0.25, -0.2) is 4.98 Å². The Kier molecular flexibility index (Phi) is 4.21. The van der Waals surface area contributed by atoms with Crippen molar-refractivity contribution in [2.75, 3.05) is 0 Å². The summed E-state index contributed by atoms with van der Waals surface area (Å²) in [6.07, 6.45) is 4.58. The number of nitrogens with one attached hydrogen (secondary N) is 1. The smallest absolute Gasteiger partial charge is 0.166 e. The van der Waals surface area contributed by atoms with E-state index in [0.717, 1.165) is 34.9 Å². The minimum atomic E-state index is 0.160. The van der Waals surface area contributed by atoms with Crippen molar-refractivity contribution in [2.45, 2.75) is 49.9 Å². The van der Waals surface area contributed by atoms with E-state index >= 15 is 0 Å². The van der Waals surface area contributed by atoms with Crippen LogP contribution in [0.15, 0.2) is 23.4 Å². The molecule has 1 fully saturated rings. The van der Waals surface area contributed by atoms with Gasteiger partial charge in [-0.2, -0.15) is 5.26 Å². The van der Waals surface area contributed by atoms with Gasteiger partial charge in [0.25, 0.3) is 0 Å². The van der Waals surface area contributed by atoms with E-state index in [0.29, 0.717) is 5.25 Å². The average molecular weight is 299 g/mol. The Balaban J connectivity index is 1.80. The molecular formula is C17H21N3S. The van der Waals surface area contributed by atoms with Gasteiger partial charge in [-0.1, -0.05) is 31.2 Å². The zero-order chi connectivity index (χ0) is 14.8. The first-order valence-corrected chi connectivity index (χ1v) is 8.60. The Morgan fingerprint density at radius 3 is 3.05 bits per heavy atom. The molecule has 0 bridgehead atoms. The van der Waals surface area contributed by atoms with Gasteiger partial charge in [0.05, 0.1) is 23.0 Å². The summed E-state index contributed by atoms with van der Waals surface area (Å²) in [7, 11) is 0. The molecule has 1 aromatic carbocycles. The van der Waals surface area contributed by atoms with Crippen LogP contribution in [-0.4, -0.2) is 15.2 Å². The molecule has 0 aliphatic heterocycles. The zero-order valence-corrected chi connectivity index (χ0v) is 13.4. The van der Waals surface area contributed by atoms with E-state index < -0.39 is 0 Å². The lowest BCUT2D eigenvalue weighted by Crippen LogP contribution is -2.26. The molecule has 3 atom stereocenters. The van der Waals surface area contributed by atoms with Crippen LogP contribution in [0.25, 0.3) is 11.0 Å². The topological polar surface area (TPSA) is 52.5 Å². The number of rotatable bonds is 3. The number of H-pyrrole nitrogens is 1. The Hall–Kier alpha value is -1.47. The third-order valence-corrected chi connectivity index (χ3v) is 5.76. The van der Waals surface area contributed by atoms with E-state index in [1.807, 2.05) is 0 Å². The summed E-state index contributed by atoms with van der Waals surface area (Å²) >= 11 is 1.76. The van der Waals surface area contributed by atoms with E-state index in [4.69, 9.17) is 0 Å². The number of nitrogens with zero attached hydrogens (tertiary/aromatic N) is 2. The van der Waals surface area contributed by atoms with E-state index in [2.05, 4.69) is 48.1 Å². The van der Waals surface area contributed by atoms with Crippen LogP contribution >= 0.6 is 11.8 Å². The minimum absolute atomic E-state index is 0.160. The Morgan fingerprint density at radius 1 is 1.43 bits per heavy atom. The maximum atomic E-state index is 9.38. The average Bonchev–Trinajstić information content (AvgIpc) is 2.88. The molecular weight excluding hydrogens is 278 g/mol. The maximum absolute atomic E-state index is 9.38. The fraction of sp³-hybridized carbons (Fsp3) is 0.529. The highest BCUT2D eigenvalue weighted by molar-refractivity contribution is 7.99. The summed E-state index contributed by atoms with van der Waals surface area (Å²) in [5, 5.41) is 10.7. The Bertz CT molecular complexity index is 670. The van der Waals surface area contributed by atoms with Gasteiger partial charge < -0.3 is 4.98 Å². The lowest BCUT2D eigenvalue weighted by molar-refractivity contribution is 0.317. The normalized spacial score (nSPS) is 25.9. The second kappa shape index (κ2) is 6.11. The van der Waals surface area contributed by atoms with Crippen molar-refractivity contribution < 1.29 is 0 Å². The van der Waals surface area contributed by atoms with Crippen molar-refractivity contribution in [1.82, 2.24) is 9.97 Å². The van der Waals surface area contributed by atoms with Gasteiger partial charge >= 0.3 is 0 Å². The first kappa shape index (κ1) is 14.5. The van der Waals surface area contributed by atoms with Crippen LogP contribution in [0.2, 0.25) is 0 Å². The predicted molar refractivity (Wildman–Crippen MR) is 87.2 cm³/mol. The van der Waals surface area contributed by atoms with Crippen LogP contribution in [-0.2, 0) is 0 Å². The molecule has 3 unspecified atom stereocenters. The summed E-state index contributed by atoms with van der Waals surface area (Å²) in [4.78, 5) is 8.07. The third kappa shape index (κ3) is 3.08. The number of hydrogen-bond acceptors (Lipinski definition) is 3. The molecule has 1 aliphatic rings. The summed E-state index contributed by atoms with van der Waals surface area (Å²) in [6, 6.07) is 8.77. The molecule has 0 amide bonds. The first-order chi connectivity index (χ1) is 10.2. The Morgan fingerprint density at radius 2 is 2.29 bits per heavy atom. The predicted octanol–water partition coefficient (Wildman–Crippen LogP) is 4.68. The first-order valence-electron chi connectivity index (χ1n) is 7.72. The molecule has 1 N–H and O–H groups in total. The lowest BCUT2D eigenvalue weighted by atomic mass is 9.81. The number of thioether (sulfide) groups is 1. The standard InChI is InChI=1S/C17H21N3S/c1-3-12-5-6-13(10-18)16(9-12)21-17-19-14-7-4-11(2)8-15(14)20-17/h4,7-8,12-13,16H,3,5-6,9H2,1-2H3,(H,19,20). The van der Waals surface area contributed by atoms with Crippen molar-refractivity contribution in [3.8, 4) is 6.07 Å². The summed E-state index contributed by atoms with van der Waals surface area (Å²) in [5.74, 6) is 0.923. The molecule has 2 aromatic rings. The van der Waals surface area contributed by atoms with Crippen LogP contribution in [0.1, 0.15) is 38.2 Å². The van der Waals surface area contributed by atoms with E-state index in [1.54, 1.807) is 11.8 Å². The van der Waals surface area contributed by atoms with Crippen LogP contribution in [0.4, 0.5) is 0 Å². The lowest BCUT2D eigenvalue weighted by Gasteiger charge is -2.31. The van der Waals surface area contributed by atoms with Gasteiger partial charge in [0.2, 0.25) is 0 Å². The second-order valence-corrected chi connectivity index (χ2v) is 7.27. The fourth-order valence-corrected chi connectivity index (χ4v) is 4.50. The van der Waals surface area contributed by atoms with Gasteiger partial charge in [-0.05, 0) is 49.8 Å². The van der Waals surface area contributed by atoms with Gasteiger partial charge in [0.1, 0.15) is 0 Å². The molecule has 0 spiro atoms. The molecule has 4 heteroatoms. The maximum Gasteiger partial charge on any atom is 0.166 e. The van der Waals surface area contributed by atoms with Crippen LogP contribution in [0, 0.1) is 30.1 Å².